The average Bonchev–Trinajstić information content (AvgIpc) is 2.30. The molecule has 0 aliphatic carbocycles. The van der Waals surface area contributed by atoms with Crippen molar-refractivity contribution in [3.63, 3.8) is 0 Å². The van der Waals surface area contributed by atoms with Crippen molar-refractivity contribution in [1.82, 2.24) is 0 Å². The van der Waals surface area contributed by atoms with Crippen LogP contribution in [0, 0.1) is 5.82 Å². The lowest BCUT2D eigenvalue weighted by Gasteiger charge is -2.06. The summed E-state index contributed by atoms with van der Waals surface area (Å²) >= 11 is 9.88. The Morgan fingerprint density at radius 2 is 1.89 bits per heavy atom. The molecule has 2 aromatic rings. The SMILES string of the molecule is O=C(Cc1ccc(S)cc1)Nc1cc(F)cc(Cl)c1. The van der Waals surface area contributed by atoms with Crippen LogP contribution < -0.4 is 5.32 Å². The Morgan fingerprint density at radius 3 is 2.53 bits per heavy atom. The summed E-state index contributed by atoms with van der Waals surface area (Å²) in [6, 6.07) is 11.2. The van der Waals surface area contributed by atoms with E-state index in [0.29, 0.717) is 5.69 Å². The van der Waals surface area contributed by atoms with Crippen molar-refractivity contribution in [2.75, 3.05) is 5.32 Å². The largest absolute Gasteiger partial charge is 0.326 e. The molecule has 0 radical (unpaired) electrons. The summed E-state index contributed by atoms with van der Waals surface area (Å²) in [6.07, 6.45) is 0.211. The summed E-state index contributed by atoms with van der Waals surface area (Å²) < 4.78 is 13.1. The van der Waals surface area contributed by atoms with Gasteiger partial charge in [0.15, 0.2) is 0 Å². The van der Waals surface area contributed by atoms with Crippen molar-refractivity contribution in [3.05, 3.63) is 58.9 Å². The first kappa shape index (κ1) is 13.9. The van der Waals surface area contributed by atoms with Crippen LogP contribution in [-0.4, -0.2) is 5.91 Å². The number of hydrogen-bond donors (Lipinski definition) is 2. The molecule has 0 fully saturated rings. The molecule has 0 heterocycles. The fourth-order valence-corrected chi connectivity index (χ4v) is 2.00. The van der Waals surface area contributed by atoms with Crippen LogP contribution in [0.15, 0.2) is 47.4 Å². The molecular weight excluding hydrogens is 285 g/mol. The predicted octanol–water partition coefficient (Wildman–Crippen LogP) is 3.95. The Bertz CT molecular complexity index is 581. The highest BCUT2D eigenvalue weighted by Gasteiger charge is 2.06. The van der Waals surface area contributed by atoms with Gasteiger partial charge in [-0.05, 0) is 35.9 Å². The molecule has 0 saturated carbocycles. The number of carbonyl (C=O) groups is 1. The Kier molecular flexibility index (Phi) is 4.45. The second-order valence-electron chi connectivity index (χ2n) is 4.05. The minimum absolute atomic E-state index is 0.211. The van der Waals surface area contributed by atoms with E-state index in [4.69, 9.17) is 11.6 Å². The highest BCUT2D eigenvalue weighted by atomic mass is 35.5. The normalized spacial score (nSPS) is 10.3. The minimum atomic E-state index is -0.484. The van der Waals surface area contributed by atoms with E-state index in [1.807, 2.05) is 24.3 Å². The first-order valence-electron chi connectivity index (χ1n) is 5.57. The van der Waals surface area contributed by atoms with E-state index in [2.05, 4.69) is 17.9 Å². The zero-order valence-electron chi connectivity index (χ0n) is 9.86. The smallest absolute Gasteiger partial charge is 0.228 e. The van der Waals surface area contributed by atoms with E-state index in [-0.39, 0.29) is 17.4 Å². The number of rotatable bonds is 3. The molecule has 0 saturated heterocycles. The summed E-state index contributed by atoms with van der Waals surface area (Å²) in [6.45, 7) is 0. The van der Waals surface area contributed by atoms with Crippen molar-refractivity contribution in [2.24, 2.45) is 0 Å². The van der Waals surface area contributed by atoms with Gasteiger partial charge < -0.3 is 5.32 Å². The molecule has 2 aromatic carbocycles. The molecule has 0 bridgehead atoms. The number of amides is 1. The van der Waals surface area contributed by atoms with Gasteiger partial charge in [0.05, 0.1) is 6.42 Å². The fraction of sp³-hybridized carbons (Fsp3) is 0.0714. The monoisotopic (exact) mass is 295 g/mol. The molecule has 0 aromatic heterocycles. The molecular formula is C14H11ClFNOS. The van der Waals surface area contributed by atoms with E-state index in [0.717, 1.165) is 10.5 Å². The van der Waals surface area contributed by atoms with Gasteiger partial charge in [0.25, 0.3) is 0 Å². The van der Waals surface area contributed by atoms with Gasteiger partial charge in [0.1, 0.15) is 5.82 Å². The molecule has 5 heteroatoms. The Morgan fingerprint density at radius 1 is 1.21 bits per heavy atom. The quantitative estimate of drug-likeness (QED) is 0.825. The third kappa shape index (κ3) is 4.26. The Balaban J connectivity index is 2.03. The zero-order valence-corrected chi connectivity index (χ0v) is 11.5. The van der Waals surface area contributed by atoms with Gasteiger partial charge in [0, 0.05) is 15.6 Å². The van der Waals surface area contributed by atoms with Crippen LogP contribution in [0.25, 0.3) is 0 Å². The van der Waals surface area contributed by atoms with E-state index >= 15 is 0 Å². The van der Waals surface area contributed by atoms with Gasteiger partial charge in [-0.15, -0.1) is 12.6 Å². The number of anilines is 1. The summed E-state index contributed by atoms with van der Waals surface area (Å²) in [7, 11) is 0. The summed E-state index contributed by atoms with van der Waals surface area (Å²) in [5.41, 5.74) is 1.21. The molecule has 0 spiro atoms. The van der Waals surface area contributed by atoms with Crippen molar-refractivity contribution in [3.8, 4) is 0 Å². The van der Waals surface area contributed by atoms with Gasteiger partial charge in [0.2, 0.25) is 5.91 Å². The number of hydrogen-bond acceptors (Lipinski definition) is 2. The van der Waals surface area contributed by atoms with Crippen LogP contribution in [0.1, 0.15) is 5.56 Å². The standard InChI is InChI=1S/C14H11ClFNOS/c15-10-6-11(16)8-12(7-10)17-14(18)5-9-1-3-13(19)4-2-9/h1-4,6-8,19H,5H2,(H,17,18). The highest BCUT2D eigenvalue weighted by Crippen LogP contribution is 2.18. The number of halogens is 2. The topological polar surface area (TPSA) is 29.1 Å². The van der Waals surface area contributed by atoms with Crippen LogP contribution in [0.2, 0.25) is 5.02 Å². The van der Waals surface area contributed by atoms with Gasteiger partial charge in [-0.3, -0.25) is 4.79 Å². The molecule has 19 heavy (non-hydrogen) atoms. The number of carbonyl (C=O) groups excluding carboxylic acids is 1. The van der Waals surface area contributed by atoms with Gasteiger partial charge in [-0.1, -0.05) is 23.7 Å². The Labute approximate surface area is 121 Å². The molecule has 0 aliphatic heterocycles. The molecule has 0 unspecified atom stereocenters. The lowest BCUT2D eigenvalue weighted by atomic mass is 10.1. The second-order valence-corrected chi connectivity index (χ2v) is 5.00. The molecule has 2 nitrogen and oxygen atoms in total. The van der Waals surface area contributed by atoms with Gasteiger partial charge in [-0.2, -0.15) is 0 Å². The third-order valence-electron chi connectivity index (χ3n) is 2.45. The minimum Gasteiger partial charge on any atom is -0.326 e. The van der Waals surface area contributed by atoms with Crippen LogP contribution in [-0.2, 0) is 11.2 Å². The third-order valence-corrected chi connectivity index (χ3v) is 2.96. The number of thiol groups is 1. The van der Waals surface area contributed by atoms with Crippen molar-refractivity contribution < 1.29 is 9.18 Å². The van der Waals surface area contributed by atoms with E-state index in [9.17, 15) is 9.18 Å². The highest BCUT2D eigenvalue weighted by molar-refractivity contribution is 7.80. The molecule has 1 N–H and O–H groups in total. The summed E-state index contributed by atoms with van der Waals surface area (Å²) in [5, 5.41) is 2.85. The molecule has 98 valence electrons. The van der Waals surface area contributed by atoms with E-state index < -0.39 is 5.82 Å². The number of nitrogens with one attached hydrogen (secondary N) is 1. The van der Waals surface area contributed by atoms with Crippen LogP contribution >= 0.6 is 24.2 Å². The van der Waals surface area contributed by atoms with Crippen LogP contribution in [0.3, 0.4) is 0 Å². The van der Waals surface area contributed by atoms with Crippen LogP contribution in [0.5, 0.6) is 0 Å². The summed E-state index contributed by atoms with van der Waals surface area (Å²) in [4.78, 5) is 12.6. The Hall–Kier alpha value is -1.52. The first-order chi connectivity index (χ1) is 9.02. The maximum absolute atomic E-state index is 13.1. The average molecular weight is 296 g/mol. The lowest BCUT2D eigenvalue weighted by molar-refractivity contribution is -0.115. The first-order valence-corrected chi connectivity index (χ1v) is 6.39. The summed E-state index contributed by atoms with van der Waals surface area (Å²) in [5.74, 6) is -0.712. The predicted molar refractivity (Wildman–Crippen MR) is 77.4 cm³/mol. The van der Waals surface area contributed by atoms with Gasteiger partial charge >= 0.3 is 0 Å². The van der Waals surface area contributed by atoms with Crippen molar-refractivity contribution in [1.29, 1.82) is 0 Å². The second kappa shape index (κ2) is 6.08. The van der Waals surface area contributed by atoms with Crippen molar-refractivity contribution in [2.45, 2.75) is 11.3 Å². The van der Waals surface area contributed by atoms with E-state index in [1.165, 1.54) is 18.2 Å². The maximum Gasteiger partial charge on any atom is 0.228 e. The number of benzene rings is 2. The zero-order chi connectivity index (χ0) is 13.8. The van der Waals surface area contributed by atoms with Crippen molar-refractivity contribution >= 4 is 35.8 Å². The fourth-order valence-electron chi connectivity index (χ4n) is 1.63. The molecule has 0 aliphatic rings. The lowest BCUT2D eigenvalue weighted by Crippen LogP contribution is -2.14. The molecule has 2 rings (SSSR count). The van der Waals surface area contributed by atoms with Crippen LogP contribution in [0.4, 0.5) is 10.1 Å². The molecule has 1 amide bonds. The molecule has 0 atom stereocenters. The van der Waals surface area contributed by atoms with Gasteiger partial charge in [-0.25, -0.2) is 4.39 Å². The van der Waals surface area contributed by atoms with E-state index in [1.54, 1.807) is 0 Å². The maximum atomic E-state index is 13.1.